The van der Waals surface area contributed by atoms with Crippen LogP contribution in [-0.2, 0) is 26.1 Å². The molecule has 0 unspecified atom stereocenters. The first-order chi connectivity index (χ1) is 22.0. The van der Waals surface area contributed by atoms with Gasteiger partial charge in [-0.25, -0.2) is 22.7 Å². The van der Waals surface area contributed by atoms with Crippen LogP contribution >= 0.6 is 0 Å². The number of carbonyl (C=O) groups is 2. The Hall–Kier alpha value is -4.37. The number of fused-ring (bicyclic) bond motifs is 1. The lowest BCUT2D eigenvalue weighted by Gasteiger charge is -2.25. The Bertz CT molecular complexity index is 1860. The van der Waals surface area contributed by atoms with Gasteiger partial charge in [-0.3, -0.25) is 19.1 Å². The molecule has 0 aliphatic heterocycles. The Labute approximate surface area is 264 Å². The summed E-state index contributed by atoms with van der Waals surface area (Å²) in [6.07, 6.45) is 2.83. The monoisotopic (exact) mass is 657 g/mol. The number of carbonyl (C=O) groups excluding carboxylic acids is 2. The minimum absolute atomic E-state index is 0.00448. The summed E-state index contributed by atoms with van der Waals surface area (Å²) in [7, 11) is -2.27. The lowest BCUT2D eigenvalue weighted by atomic mass is 10.0. The van der Waals surface area contributed by atoms with E-state index in [9.17, 15) is 26.8 Å². The molecule has 3 aromatic carbocycles. The van der Waals surface area contributed by atoms with E-state index in [0.29, 0.717) is 27.8 Å². The van der Waals surface area contributed by atoms with Gasteiger partial charge in [0.25, 0.3) is 11.8 Å². The summed E-state index contributed by atoms with van der Waals surface area (Å²) in [4.78, 5) is 24.6. The first-order valence-electron chi connectivity index (χ1n) is 14.5. The standard InChI is InChI=1S/C32H33F2N3O8S/c1-35-32(39)29-25-16-23(20-4-5-20)27(17-28(25)45-30(29)21-6-8-22(33)9-7-21)37(46(2,41)42)11-12-43-13-14-44-18-19-3-10-26(34)24(15-19)31(38)36-40/h3,6-10,15-17,20,40H,4-5,11-14,18H2,1-2H3,(H,35,39)(H,36,38). The number of hydrogen-bond acceptors (Lipinski definition) is 8. The number of sulfonamides is 1. The smallest absolute Gasteiger partial charge is 0.277 e. The summed E-state index contributed by atoms with van der Waals surface area (Å²) in [6, 6.07) is 12.8. The van der Waals surface area contributed by atoms with Crippen molar-refractivity contribution in [2.75, 3.05) is 44.0 Å². The second-order valence-electron chi connectivity index (χ2n) is 10.8. The Morgan fingerprint density at radius 1 is 1.00 bits per heavy atom. The molecule has 5 rings (SSSR count). The quantitative estimate of drug-likeness (QED) is 0.100. The van der Waals surface area contributed by atoms with Crippen LogP contribution in [0.5, 0.6) is 0 Å². The van der Waals surface area contributed by atoms with Gasteiger partial charge in [-0.05, 0) is 72.4 Å². The normalized spacial score (nSPS) is 13.2. The molecular weight excluding hydrogens is 624 g/mol. The van der Waals surface area contributed by atoms with E-state index in [1.807, 2.05) is 0 Å². The lowest BCUT2D eigenvalue weighted by molar-refractivity contribution is 0.0435. The van der Waals surface area contributed by atoms with Crippen LogP contribution in [0.25, 0.3) is 22.3 Å². The van der Waals surface area contributed by atoms with E-state index in [0.717, 1.165) is 30.7 Å². The number of nitrogens with one attached hydrogen (secondary N) is 2. The van der Waals surface area contributed by atoms with E-state index in [1.165, 1.54) is 53.2 Å². The molecule has 46 heavy (non-hydrogen) atoms. The molecule has 1 aliphatic carbocycles. The van der Waals surface area contributed by atoms with Gasteiger partial charge >= 0.3 is 0 Å². The maximum Gasteiger partial charge on any atom is 0.277 e. The Morgan fingerprint density at radius 3 is 2.37 bits per heavy atom. The topological polar surface area (TPSA) is 147 Å². The Balaban J connectivity index is 1.31. The maximum atomic E-state index is 13.8. The van der Waals surface area contributed by atoms with Crippen molar-refractivity contribution in [2.45, 2.75) is 25.4 Å². The van der Waals surface area contributed by atoms with E-state index in [-0.39, 0.29) is 55.8 Å². The van der Waals surface area contributed by atoms with Crippen molar-refractivity contribution in [1.82, 2.24) is 10.8 Å². The molecule has 11 nitrogen and oxygen atoms in total. The molecule has 0 atom stereocenters. The van der Waals surface area contributed by atoms with E-state index < -0.39 is 33.5 Å². The summed E-state index contributed by atoms with van der Waals surface area (Å²) in [5.41, 5.74) is 3.86. The van der Waals surface area contributed by atoms with E-state index in [4.69, 9.17) is 19.1 Å². The van der Waals surface area contributed by atoms with Gasteiger partial charge in [0.2, 0.25) is 10.0 Å². The van der Waals surface area contributed by atoms with E-state index in [2.05, 4.69) is 5.32 Å². The largest absolute Gasteiger partial charge is 0.455 e. The van der Waals surface area contributed by atoms with Crippen molar-refractivity contribution in [2.24, 2.45) is 0 Å². The highest BCUT2D eigenvalue weighted by Gasteiger charge is 2.33. The molecule has 1 saturated carbocycles. The van der Waals surface area contributed by atoms with Crippen molar-refractivity contribution in [3.05, 3.63) is 88.5 Å². The summed E-state index contributed by atoms with van der Waals surface area (Å²) in [6.45, 7) is 0.356. The van der Waals surface area contributed by atoms with Crippen LogP contribution in [-0.4, -0.2) is 65.1 Å². The van der Waals surface area contributed by atoms with Crippen molar-refractivity contribution in [3.63, 3.8) is 0 Å². The molecule has 0 bridgehead atoms. The van der Waals surface area contributed by atoms with Crippen LogP contribution in [0.15, 0.2) is 59.0 Å². The molecule has 4 aromatic rings. The molecular formula is C32H33F2N3O8S. The number of anilines is 1. The number of furan rings is 1. The zero-order chi connectivity index (χ0) is 33.0. The third kappa shape index (κ3) is 7.36. The SMILES string of the molecule is CNC(=O)c1c(-c2ccc(F)cc2)oc2cc(N(CCOCCOCc3ccc(F)c(C(=O)NO)c3)S(C)(=O)=O)c(C3CC3)cc12. The fraction of sp³-hybridized carbons (Fsp3) is 0.312. The average Bonchev–Trinajstić information content (AvgIpc) is 3.81. The molecule has 1 heterocycles. The van der Waals surface area contributed by atoms with Gasteiger partial charge in [0.15, 0.2) is 0 Å². The fourth-order valence-corrected chi connectivity index (χ4v) is 6.08. The maximum absolute atomic E-state index is 13.8. The summed E-state index contributed by atoms with van der Waals surface area (Å²) < 4.78 is 72.1. The van der Waals surface area contributed by atoms with Gasteiger partial charge in [-0.15, -0.1) is 0 Å². The highest BCUT2D eigenvalue weighted by molar-refractivity contribution is 7.92. The van der Waals surface area contributed by atoms with Gasteiger partial charge in [-0.2, -0.15) is 0 Å². The van der Waals surface area contributed by atoms with Gasteiger partial charge < -0.3 is 19.2 Å². The molecule has 1 aromatic heterocycles. The second kappa shape index (κ2) is 14.0. The van der Waals surface area contributed by atoms with Crippen LogP contribution in [0.3, 0.4) is 0 Å². The summed E-state index contributed by atoms with van der Waals surface area (Å²) in [5.74, 6) is -2.24. The highest BCUT2D eigenvalue weighted by Crippen LogP contribution is 2.48. The molecule has 3 N–H and O–H groups in total. The zero-order valence-electron chi connectivity index (χ0n) is 25.1. The third-order valence-electron chi connectivity index (χ3n) is 7.54. The minimum Gasteiger partial charge on any atom is -0.455 e. The molecule has 0 radical (unpaired) electrons. The average molecular weight is 658 g/mol. The molecule has 244 valence electrons. The van der Waals surface area contributed by atoms with Crippen molar-refractivity contribution in [1.29, 1.82) is 0 Å². The number of rotatable bonds is 14. The third-order valence-corrected chi connectivity index (χ3v) is 8.72. The van der Waals surface area contributed by atoms with Crippen molar-refractivity contribution >= 4 is 38.5 Å². The first kappa shape index (κ1) is 33.0. The zero-order valence-corrected chi connectivity index (χ0v) is 26.0. The summed E-state index contributed by atoms with van der Waals surface area (Å²) in [5, 5.41) is 11.9. The Morgan fingerprint density at radius 2 is 1.72 bits per heavy atom. The van der Waals surface area contributed by atoms with Crippen LogP contribution in [0.1, 0.15) is 50.6 Å². The molecule has 1 aliphatic rings. The number of hydrogen-bond donors (Lipinski definition) is 3. The van der Waals surface area contributed by atoms with Crippen LogP contribution in [0.2, 0.25) is 0 Å². The van der Waals surface area contributed by atoms with Crippen LogP contribution in [0.4, 0.5) is 14.5 Å². The van der Waals surface area contributed by atoms with Gasteiger partial charge in [0.1, 0.15) is 23.0 Å². The molecule has 0 spiro atoms. The fourth-order valence-electron chi connectivity index (χ4n) is 5.16. The number of hydroxylamine groups is 1. The van der Waals surface area contributed by atoms with Gasteiger partial charge in [0.05, 0.1) is 56.0 Å². The number of amides is 2. The lowest BCUT2D eigenvalue weighted by Crippen LogP contribution is -2.34. The summed E-state index contributed by atoms with van der Waals surface area (Å²) >= 11 is 0. The predicted molar refractivity (Wildman–Crippen MR) is 165 cm³/mol. The number of nitrogens with zero attached hydrogens (tertiary/aromatic N) is 1. The highest BCUT2D eigenvalue weighted by atomic mass is 32.2. The van der Waals surface area contributed by atoms with Crippen LogP contribution < -0.4 is 15.1 Å². The van der Waals surface area contributed by atoms with Crippen molar-refractivity contribution in [3.8, 4) is 11.3 Å². The van der Waals surface area contributed by atoms with E-state index in [1.54, 1.807) is 12.1 Å². The predicted octanol–water partition coefficient (Wildman–Crippen LogP) is 4.73. The molecule has 14 heteroatoms. The molecule has 0 saturated heterocycles. The molecule has 2 amide bonds. The minimum atomic E-state index is -3.77. The van der Waals surface area contributed by atoms with E-state index >= 15 is 0 Å². The van der Waals surface area contributed by atoms with Gasteiger partial charge in [0, 0.05) is 24.1 Å². The molecule has 1 fully saturated rings. The van der Waals surface area contributed by atoms with Gasteiger partial charge in [-0.1, -0.05) is 6.07 Å². The number of halogens is 2. The second-order valence-corrected chi connectivity index (χ2v) is 12.7. The Kier molecular flexibility index (Phi) is 10.0. The number of benzene rings is 3. The van der Waals surface area contributed by atoms with Crippen LogP contribution in [0, 0.1) is 11.6 Å². The van der Waals surface area contributed by atoms with Crippen molar-refractivity contribution < 1.29 is 45.9 Å². The number of ether oxygens (including phenoxy) is 2. The first-order valence-corrected chi connectivity index (χ1v) is 16.3.